The van der Waals surface area contributed by atoms with Crippen LogP contribution in [0.3, 0.4) is 0 Å². The van der Waals surface area contributed by atoms with E-state index >= 15 is 0 Å². The lowest BCUT2D eigenvalue weighted by molar-refractivity contribution is -0.122. The predicted octanol–water partition coefficient (Wildman–Crippen LogP) is 1.62. The van der Waals surface area contributed by atoms with Crippen molar-refractivity contribution in [3.8, 4) is 5.75 Å². The molecule has 1 aromatic carbocycles. The molecule has 0 aliphatic carbocycles. The molecular weight excluding hydrogens is 318 g/mol. The molecule has 1 saturated heterocycles. The minimum absolute atomic E-state index is 0.00725. The number of amides is 2. The van der Waals surface area contributed by atoms with Crippen molar-refractivity contribution < 1.29 is 14.3 Å². The number of piperazine rings is 1. The van der Waals surface area contributed by atoms with Gasteiger partial charge in [-0.3, -0.25) is 14.5 Å². The zero-order valence-electron chi connectivity index (χ0n) is 15.5. The van der Waals surface area contributed by atoms with Gasteiger partial charge < -0.3 is 15.0 Å². The minimum Gasteiger partial charge on any atom is -0.494 e. The molecule has 0 spiro atoms. The molecule has 0 atom stereocenters. The molecule has 6 heteroatoms. The maximum atomic E-state index is 12.6. The summed E-state index contributed by atoms with van der Waals surface area (Å²) in [6, 6.07) is 7.36. The standard InChI is InChI=1S/C19H29N3O3/c1-15(2)8-13-25-17-6-4-16(5-7-17)19(24)22-11-9-21(10-12-22)14-18(23)20-3/h4-7,15H,8-14H2,1-3H3,(H,20,23). The normalized spacial score (nSPS) is 15.3. The van der Waals surface area contributed by atoms with Gasteiger partial charge in [-0.05, 0) is 36.6 Å². The molecule has 0 bridgehead atoms. The van der Waals surface area contributed by atoms with Crippen LogP contribution in [0.25, 0.3) is 0 Å². The molecule has 25 heavy (non-hydrogen) atoms. The van der Waals surface area contributed by atoms with Crippen molar-refractivity contribution in [2.24, 2.45) is 5.92 Å². The molecule has 1 fully saturated rings. The van der Waals surface area contributed by atoms with Crippen molar-refractivity contribution >= 4 is 11.8 Å². The molecule has 1 aliphatic heterocycles. The number of likely N-dealkylation sites (N-methyl/N-ethyl adjacent to an activating group) is 1. The minimum atomic E-state index is 0.00725. The summed E-state index contributed by atoms with van der Waals surface area (Å²) < 4.78 is 5.69. The zero-order chi connectivity index (χ0) is 18.2. The molecule has 138 valence electrons. The number of nitrogens with zero attached hydrogens (tertiary/aromatic N) is 2. The molecule has 0 saturated carbocycles. The smallest absolute Gasteiger partial charge is 0.253 e. The fraction of sp³-hybridized carbons (Fsp3) is 0.579. The Labute approximate surface area is 150 Å². The van der Waals surface area contributed by atoms with Gasteiger partial charge in [0.25, 0.3) is 5.91 Å². The van der Waals surface area contributed by atoms with Gasteiger partial charge in [0.1, 0.15) is 5.75 Å². The summed E-state index contributed by atoms with van der Waals surface area (Å²) in [7, 11) is 1.64. The topological polar surface area (TPSA) is 61.9 Å². The van der Waals surface area contributed by atoms with Crippen molar-refractivity contribution in [2.45, 2.75) is 20.3 Å². The van der Waals surface area contributed by atoms with E-state index in [9.17, 15) is 9.59 Å². The van der Waals surface area contributed by atoms with Crippen molar-refractivity contribution in [1.82, 2.24) is 15.1 Å². The Morgan fingerprint density at radius 1 is 1.12 bits per heavy atom. The summed E-state index contributed by atoms with van der Waals surface area (Å²) in [5.41, 5.74) is 0.677. The van der Waals surface area contributed by atoms with Crippen molar-refractivity contribution in [1.29, 1.82) is 0 Å². The Bertz CT molecular complexity index is 564. The zero-order valence-corrected chi connectivity index (χ0v) is 15.5. The number of hydrogen-bond donors (Lipinski definition) is 1. The number of hydrogen-bond acceptors (Lipinski definition) is 4. The Balaban J connectivity index is 1.82. The Morgan fingerprint density at radius 3 is 2.32 bits per heavy atom. The van der Waals surface area contributed by atoms with E-state index in [4.69, 9.17) is 4.74 Å². The summed E-state index contributed by atoms with van der Waals surface area (Å²) in [6.07, 6.45) is 1.01. The van der Waals surface area contributed by atoms with Crippen LogP contribution in [0.2, 0.25) is 0 Å². The molecule has 1 aromatic rings. The van der Waals surface area contributed by atoms with Crippen LogP contribution in [0.1, 0.15) is 30.6 Å². The Hall–Kier alpha value is -2.08. The fourth-order valence-corrected chi connectivity index (χ4v) is 2.68. The second kappa shape index (κ2) is 9.42. The van der Waals surface area contributed by atoms with Gasteiger partial charge in [-0.2, -0.15) is 0 Å². The van der Waals surface area contributed by atoms with E-state index in [0.717, 1.165) is 25.3 Å². The van der Waals surface area contributed by atoms with Crippen LogP contribution in [0, 0.1) is 5.92 Å². The maximum absolute atomic E-state index is 12.6. The fourth-order valence-electron chi connectivity index (χ4n) is 2.68. The average molecular weight is 347 g/mol. The summed E-state index contributed by atoms with van der Waals surface area (Å²) in [5.74, 6) is 1.46. The molecule has 2 rings (SSSR count). The van der Waals surface area contributed by atoms with Crippen LogP contribution in [-0.2, 0) is 4.79 Å². The Morgan fingerprint density at radius 2 is 1.76 bits per heavy atom. The van der Waals surface area contributed by atoms with E-state index in [1.807, 2.05) is 29.2 Å². The SMILES string of the molecule is CNC(=O)CN1CCN(C(=O)c2ccc(OCCC(C)C)cc2)CC1. The van der Waals surface area contributed by atoms with Gasteiger partial charge in [0.05, 0.1) is 13.2 Å². The number of nitrogens with one attached hydrogen (secondary N) is 1. The first kappa shape index (κ1) is 19.2. The van der Waals surface area contributed by atoms with Crippen molar-refractivity contribution in [2.75, 3.05) is 46.4 Å². The predicted molar refractivity (Wildman–Crippen MR) is 97.8 cm³/mol. The molecule has 2 amide bonds. The quantitative estimate of drug-likeness (QED) is 0.814. The second-order valence-corrected chi connectivity index (χ2v) is 6.80. The van der Waals surface area contributed by atoms with Gasteiger partial charge in [-0.1, -0.05) is 13.8 Å². The van der Waals surface area contributed by atoms with E-state index in [2.05, 4.69) is 24.1 Å². The number of rotatable bonds is 7. The van der Waals surface area contributed by atoms with E-state index in [-0.39, 0.29) is 11.8 Å². The largest absolute Gasteiger partial charge is 0.494 e. The third kappa shape index (κ3) is 6.05. The third-order valence-corrected chi connectivity index (χ3v) is 4.37. The van der Waals surface area contributed by atoms with Crippen LogP contribution in [0.15, 0.2) is 24.3 Å². The third-order valence-electron chi connectivity index (χ3n) is 4.37. The van der Waals surface area contributed by atoms with Gasteiger partial charge in [0.15, 0.2) is 0 Å². The lowest BCUT2D eigenvalue weighted by Gasteiger charge is -2.34. The molecule has 1 aliphatic rings. The highest BCUT2D eigenvalue weighted by Crippen LogP contribution is 2.15. The summed E-state index contributed by atoms with van der Waals surface area (Å²) in [4.78, 5) is 27.9. The van der Waals surface area contributed by atoms with Gasteiger partial charge in [-0.25, -0.2) is 0 Å². The lowest BCUT2D eigenvalue weighted by Crippen LogP contribution is -2.50. The van der Waals surface area contributed by atoms with Crippen LogP contribution in [-0.4, -0.2) is 68.0 Å². The molecule has 0 radical (unpaired) electrons. The highest BCUT2D eigenvalue weighted by atomic mass is 16.5. The van der Waals surface area contributed by atoms with Gasteiger partial charge in [-0.15, -0.1) is 0 Å². The lowest BCUT2D eigenvalue weighted by atomic mass is 10.1. The monoisotopic (exact) mass is 347 g/mol. The van der Waals surface area contributed by atoms with E-state index in [1.165, 1.54) is 0 Å². The van der Waals surface area contributed by atoms with Crippen LogP contribution >= 0.6 is 0 Å². The van der Waals surface area contributed by atoms with E-state index in [1.54, 1.807) is 7.05 Å². The first-order valence-corrected chi connectivity index (χ1v) is 8.94. The summed E-state index contributed by atoms with van der Waals surface area (Å²) in [6.45, 7) is 8.13. The molecule has 1 heterocycles. The van der Waals surface area contributed by atoms with Crippen LogP contribution in [0.4, 0.5) is 0 Å². The highest BCUT2D eigenvalue weighted by molar-refractivity contribution is 5.94. The number of benzene rings is 1. The first-order chi connectivity index (χ1) is 12.0. The number of carbonyl (C=O) groups is 2. The highest BCUT2D eigenvalue weighted by Gasteiger charge is 2.23. The van der Waals surface area contributed by atoms with E-state index < -0.39 is 0 Å². The number of ether oxygens (including phenoxy) is 1. The number of carbonyl (C=O) groups excluding carboxylic acids is 2. The molecule has 0 aromatic heterocycles. The van der Waals surface area contributed by atoms with Gasteiger partial charge >= 0.3 is 0 Å². The van der Waals surface area contributed by atoms with Crippen LogP contribution in [0.5, 0.6) is 5.75 Å². The van der Waals surface area contributed by atoms with Crippen molar-refractivity contribution in [3.05, 3.63) is 29.8 Å². The first-order valence-electron chi connectivity index (χ1n) is 8.94. The molecular formula is C19H29N3O3. The van der Waals surface area contributed by atoms with E-state index in [0.29, 0.717) is 37.7 Å². The average Bonchev–Trinajstić information content (AvgIpc) is 2.62. The molecule has 1 N–H and O–H groups in total. The Kier molecular flexibility index (Phi) is 7.25. The van der Waals surface area contributed by atoms with Crippen LogP contribution < -0.4 is 10.1 Å². The summed E-state index contributed by atoms with van der Waals surface area (Å²) >= 11 is 0. The molecule has 0 unspecified atom stereocenters. The van der Waals surface area contributed by atoms with Gasteiger partial charge in [0, 0.05) is 38.8 Å². The van der Waals surface area contributed by atoms with Crippen molar-refractivity contribution in [3.63, 3.8) is 0 Å². The summed E-state index contributed by atoms with van der Waals surface area (Å²) in [5, 5.41) is 2.62. The molecule has 6 nitrogen and oxygen atoms in total. The second-order valence-electron chi connectivity index (χ2n) is 6.80. The maximum Gasteiger partial charge on any atom is 0.253 e. The van der Waals surface area contributed by atoms with Gasteiger partial charge in [0.2, 0.25) is 5.91 Å².